The van der Waals surface area contributed by atoms with Crippen LogP contribution in [0.25, 0.3) is 0 Å². The second-order valence-electron chi connectivity index (χ2n) is 5.83. The van der Waals surface area contributed by atoms with E-state index in [1.807, 2.05) is 0 Å². The van der Waals surface area contributed by atoms with E-state index in [9.17, 15) is 0 Å². The van der Waals surface area contributed by atoms with Crippen molar-refractivity contribution in [2.75, 3.05) is 6.61 Å². The molecule has 15 heavy (non-hydrogen) atoms. The highest BCUT2D eigenvalue weighted by atomic mass is 28.4. The van der Waals surface area contributed by atoms with Gasteiger partial charge in [0.25, 0.3) is 0 Å². The summed E-state index contributed by atoms with van der Waals surface area (Å²) in [5.74, 6) is 0. The maximum Gasteiger partial charge on any atom is 0.197 e. The highest BCUT2D eigenvalue weighted by molar-refractivity contribution is 6.76. The Kier molecular flexibility index (Phi) is 6.12. The second kappa shape index (κ2) is 6.05. The maximum atomic E-state index is 6.19. The molecule has 0 aromatic rings. The molecule has 2 unspecified atom stereocenters. The molecule has 2 atom stereocenters. The van der Waals surface area contributed by atoms with Crippen LogP contribution < -0.4 is 0 Å². The molecule has 0 radical (unpaired) electrons. The van der Waals surface area contributed by atoms with Crippen molar-refractivity contribution in [1.29, 1.82) is 0 Å². The Labute approximate surface area is 97.7 Å². The Morgan fingerprint density at radius 3 is 2.07 bits per heavy atom. The normalized spacial score (nSPS) is 18.6. The van der Waals surface area contributed by atoms with Gasteiger partial charge in [-0.3, -0.25) is 0 Å². The van der Waals surface area contributed by atoms with Crippen molar-refractivity contribution in [3.05, 3.63) is 0 Å². The van der Waals surface area contributed by atoms with E-state index in [1.54, 1.807) is 0 Å². The Morgan fingerprint density at radius 2 is 1.73 bits per heavy atom. The summed E-state index contributed by atoms with van der Waals surface area (Å²) in [6, 6.07) is 0. The summed E-state index contributed by atoms with van der Waals surface area (Å²) < 4.78 is 6.19. The summed E-state index contributed by atoms with van der Waals surface area (Å²) in [6.07, 6.45) is 3.97. The van der Waals surface area contributed by atoms with Crippen molar-refractivity contribution >= 4 is 8.32 Å². The number of hydrogen-bond donors (Lipinski definition) is 0. The summed E-state index contributed by atoms with van der Waals surface area (Å²) in [5.41, 5.74) is 0.761. The highest BCUT2D eigenvalue weighted by Gasteiger charge is 2.45. The van der Waals surface area contributed by atoms with Crippen molar-refractivity contribution in [2.45, 2.75) is 77.9 Å². The van der Waals surface area contributed by atoms with Gasteiger partial charge in [-0.2, -0.15) is 0 Å². The zero-order chi connectivity index (χ0) is 12.1. The molecular formula is C13H30OSi. The van der Waals surface area contributed by atoms with E-state index in [0.717, 1.165) is 12.1 Å². The summed E-state index contributed by atoms with van der Waals surface area (Å²) >= 11 is 0. The van der Waals surface area contributed by atoms with E-state index in [1.165, 1.54) is 19.3 Å². The van der Waals surface area contributed by atoms with Crippen LogP contribution in [0.4, 0.5) is 0 Å². The van der Waals surface area contributed by atoms with Crippen LogP contribution in [0.5, 0.6) is 0 Å². The predicted octanol–water partition coefficient (Wildman–Crippen LogP) is 4.98. The van der Waals surface area contributed by atoms with Gasteiger partial charge in [0, 0.05) is 6.61 Å². The van der Waals surface area contributed by atoms with Gasteiger partial charge in [-0.25, -0.2) is 0 Å². The summed E-state index contributed by atoms with van der Waals surface area (Å²) in [4.78, 5) is 0. The minimum atomic E-state index is -1.59. The first-order valence-electron chi connectivity index (χ1n) is 6.43. The molecule has 2 heteroatoms. The molecule has 1 nitrogen and oxygen atoms in total. The van der Waals surface area contributed by atoms with Gasteiger partial charge in [-0.05, 0) is 24.1 Å². The topological polar surface area (TPSA) is 9.23 Å². The number of rotatable bonds is 6. The molecule has 0 aliphatic rings. The van der Waals surface area contributed by atoms with Crippen molar-refractivity contribution < 1.29 is 4.43 Å². The molecular weight excluding hydrogens is 200 g/mol. The molecule has 0 fully saturated rings. The SMILES string of the molecule is CCCCC(C)[Si](C)(OCC)C(C)(C)C. The third-order valence-corrected chi connectivity index (χ3v) is 9.90. The van der Waals surface area contributed by atoms with Crippen molar-refractivity contribution in [3.8, 4) is 0 Å². The second-order valence-corrected chi connectivity index (χ2v) is 10.8. The third-order valence-electron chi connectivity index (χ3n) is 3.86. The van der Waals surface area contributed by atoms with E-state index >= 15 is 0 Å². The molecule has 0 bridgehead atoms. The van der Waals surface area contributed by atoms with Gasteiger partial charge >= 0.3 is 0 Å². The third kappa shape index (κ3) is 3.91. The van der Waals surface area contributed by atoms with Gasteiger partial charge in [0.1, 0.15) is 0 Å². The molecule has 0 rings (SSSR count). The molecule has 92 valence electrons. The minimum absolute atomic E-state index is 0.343. The van der Waals surface area contributed by atoms with E-state index in [-0.39, 0.29) is 0 Å². The number of hydrogen-bond acceptors (Lipinski definition) is 1. The van der Waals surface area contributed by atoms with E-state index in [0.29, 0.717) is 5.04 Å². The van der Waals surface area contributed by atoms with Crippen LogP contribution in [-0.2, 0) is 4.43 Å². The van der Waals surface area contributed by atoms with E-state index in [2.05, 4.69) is 48.1 Å². The molecule has 0 aliphatic carbocycles. The van der Waals surface area contributed by atoms with Crippen LogP contribution in [0.1, 0.15) is 60.8 Å². The fourth-order valence-electron chi connectivity index (χ4n) is 2.18. The zero-order valence-corrected chi connectivity index (χ0v) is 12.8. The van der Waals surface area contributed by atoms with Crippen LogP contribution in [-0.4, -0.2) is 14.9 Å². The zero-order valence-electron chi connectivity index (χ0n) is 11.8. The van der Waals surface area contributed by atoms with Crippen molar-refractivity contribution in [3.63, 3.8) is 0 Å². The molecule has 0 N–H and O–H groups in total. The molecule has 0 aliphatic heterocycles. The fraction of sp³-hybridized carbons (Fsp3) is 1.00. The Morgan fingerprint density at radius 1 is 1.20 bits per heavy atom. The Bertz CT molecular complexity index is 174. The molecule has 0 spiro atoms. The fourth-order valence-corrected chi connectivity index (χ4v) is 5.73. The Balaban J connectivity index is 4.62. The van der Waals surface area contributed by atoms with Crippen LogP contribution in [0.2, 0.25) is 17.1 Å². The van der Waals surface area contributed by atoms with Crippen LogP contribution in [0.15, 0.2) is 0 Å². The quantitative estimate of drug-likeness (QED) is 0.585. The van der Waals surface area contributed by atoms with Gasteiger partial charge < -0.3 is 4.43 Å². The average Bonchev–Trinajstić information content (AvgIpc) is 2.12. The lowest BCUT2D eigenvalue weighted by Gasteiger charge is -2.43. The van der Waals surface area contributed by atoms with Crippen LogP contribution in [0, 0.1) is 0 Å². The predicted molar refractivity (Wildman–Crippen MR) is 71.9 cm³/mol. The van der Waals surface area contributed by atoms with Gasteiger partial charge in [-0.15, -0.1) is 0 Å². The molecule has 0 aromatic carbocycles. The van der Waals surface area contributed by atoms with Crippen LogP contribution >= 0.6 is 0 Å². The van der Waals surface area contributed by atoms with Gasteiger partial charge in [0.15, 0.2) is 8.32 Å². The van der Waals surface area contributed by atoms with Crippen molar-refractivity contribution in [2.24, 2.45) is 0 Å². The lowest BCUT2D eigenvalue weighted by Crippen LogP contribution is -2.47. The molecule has 0 saturated carbocycles. The smallest absolute Gasteiger partial charge is 0.197 e. The average molecular weight is 230 g/mol. The first-order chi connectivity index (χ1) is 6.79. The number of unbranched alkanes of at least 4 members (excludes halogenated alkanes) is 1. The van der Waals surface area contributed by atoms with Crippen LogP contribution in [0.3, 0.4) is 0 Å². The lowest BCUT2D eigenvalue weighted by atomic mass is 10.2. The standard InChI is InChI=1S/C13H30OSi/c1-8-10-11-12(3)15(7,14-9-2)13(4,5)6/h12H,8-11H2,1-7H3. The monoisotopic (exact) mass is 230 g/mol. The summed E-state index contributed by atoms with van der Waals surface area (Å²) in [7, 11) is -1.59. The van der Waals surface area contributed by atoms with Gasteiger partial charge in [0.05, 0.1) is 0 Å². The molecule has 0 amide bonds. The minimum Gasteiger partial charge on any atom is -0.417 e. The molecule has 0 saturated heterocycles. The van der Waals surface area contributed by atoms with E-state index < -0.39 is 8.32 Å². The highest BCUT2D eigenvalue weighted by Crippen LogP contribution is 2.45. The first-order valence-corrected chi connectivity index (χ1v) is 8.92. The molecule has 0 heterocycles. The van der Waals surface area contributed by atoms with Gasteiger partial charge in [-0.1, -0.05) is 53.9 Å². The Hall–Kier alpha value is 0.177. The maximum absolute atomic E-state index is 6.19. The first kappa shape index (κ1) is 15.2. The van der Waals surface area contributed by atoms with Gasteiger partial charge in [0.2, 0.25) is 0 Å². The molecule has 0 aromatic heterocycles. The summed E-state index contributed by atoms with van der Waals surface area (Å²) in [6.45, 7) is 17.1. The summed E-state index contributed by atoms with van der Waals surface area (Å²) in [5, 5.41) is 0.343. The lowest BCUT2D eigenvalue weighted by molar-refractivity contribution is 0.290. The largest absolute Gasteiger partial charge is 0.417 e. The van der Waals surface area contributed by atoms with E-state index in [4.69, 9.17) is 4.43 Å². The van der Waals surface area contributed by atoms with Crippen molar-refractivity contribution in [1.82, 2.24) is 0 Å².